The molecule has 2 aromatic carbocycles. The number of guanidine groups is 1. The molecule has 3 aromatic rings. The number of Topliss-reactive ketones (excluding diaryl/α,β-unsaturated/α-hetero) is 1. The minimum absolute atomic E-state index is 0.00220. The first kappa shape index (κ1) is 27.2. The lowest BCUT2D eigenvalue weighted by molar-refractivity contribution is -0.192. The molecule has 1 amide bonds. The molecule has 0 bridgehead atoms. The number of nitrogens with zero attached hydrogens (tertiary/aromatic N) is 2. The van der Waals surface area contributed by atoms with Crippen LogP contribution in [-0.4, -0.2) is 52.5 Å². The molecule has 1 heterocycles. The zero-order valence-electron chi connectivity index (χ0n) is 18.2. The number of alkyl halides is 3. The second kappa shape index (κ2) is 12.5. The summed E-state index contributed by atoms with van der Waals surface area (Å²) in [6, 6.07) is 15.6. The van der Waals surface area contributed by atoms with Crippen LogP contribution in [0.4, 0.5) is 13.2 Å². The maximum absolute atomic E-state index is 13.1. The molecule has 13 heteroatoms. The van der Waals surface area contributed by atoms with Gasteiger partial charge in [0.2, 0.25) is 5.78 Å². The molecule has 0 aliphatic rings. The number of benzene rings is 2. The van der Waals surface area contributed by atoms with Crippen molar-refractivity contribution in [3.8, 4) is 0 Å². The summed E-state index contributed by atoms with van der Waals surface area (Å²) >= 11 is 1.32. The van der Waals surface area contributed by atoms with Crippen molar-refractivity contribution in [2.75, 3.05) is 6.54 Å². The van der Waals surface area contributed by atoms with E-state index in [2.05, 4.69) is 15.3 Å². The molecule has 3 rings (SSSR count). The van der Waals surface area contributed by atoms with Crippen molar-refractivity contribution in [3.63, 3.8) is 0 Å². The highest BCUT2D eigenvalue weighted by Crippen LogP contribution is 2.23. The Kier molecular flexibility index (Phi) is 9.70. The molecule has 1 aromatic heterocycles. The molecule has 6 N–H and O–H groups in total. The van der Waals surface area contributed by atoms with Crippen LogP contribution in [0.3, 0.4) is 0 Å². The number of thiazole rings is 1. The van der Waals surface area contributed by atoms with Crippen LogP contribution in [0.1, 0.15) is 33.0 Å². The van der Waals surface area contributed by atoms with Gasteiger partial charge in [0.05, 0.1) is 16.3 Å². The van der Waals surface area contributed by atoms with Crippen LogP contribution < -0.4 is 16.8 Å². The van der Waals surface area contributed by atoms with Crippen molar-refractivity contribution in [1.82, 2.24) is 10.3 Å². The largest absolute Gasteiger partial charge is 0.490 e. The molecular formula is C22H22F3N5O4S. The molecular weight excluding hydrogens is 487 g/mol. The Hall–Kier alpha value is -4.00. The van der Waals surface area contributed by atoms with E-state index in [1.54, 1.807) is 24.3 Å². The number of fused-ring (bicyclic) bond motifs is 1. The molecule has 0 aliphatic carbocycles. The first-order valence-corrected chi connectivity index (χ1v) is 10.9. The number of hydrogen-bond donors (Lipinski definition) is 4. The summed E-state index contributed by atoms with van der Waals surface area (Å²) in [5, 5.41) is 10.3. The van der Waals surface area contributed by atoms with Gasteiger partial charge >= 0.3 is 12.1 Å². The number of aliphatic carboxylic acids is 1. The summed E-state index contributed by atoms with van der Waals surface area (Å²) in [7, 11) is 0. The third kappa shape index (κ3) is 8.70. The Morgan fingerprint density at radius 3 is 2.23 bits per heavy atom. The number of hydrogen-bond acceptors (Lipinski definition) is 6. The van der Waals surface area contributed by atoms with E-state index in [-0.39, 0.29) is 17.6 Å². The highest BCUT2D eigenvalue weighted by Gasteiger charge is 2.38. The lowest BCUT2D eigenvalue weighted by Gasteiger charge is -2.16. The van der Waals surface area contributed by atoms with Crippen molar-refractivity contribution in [1.29, 1.82) is 0 Å². The summed E-state index contributed by atoms with van der Waals surface area (Å²) in [4.78, 5) is 42.9. The SMILES string of the molecule is NC(N)=NCCCC(NC(=O)c1ccccc1)C(=O)c1nc2ccccc2s1.O=C(O)C(F)(F)F. The number of halogens is 3. The van der Waals surface area contributed by atoms with Gasteiger partial charge in [-0.05, 0) is 37.1 Å². The van der Waals surface area contributed by atoms with E-state index >= 15 is 0 Å². The minimum Gasteiger partial charge on any atom is -0.475 e. The number of carboxylic acids is 1. The van der Waals surface area contributed by atoms with Crippen LogP contribution in [-0.2, 0) is 4.79 Å². The Bertz CT molecular complexity index is 1160. The van der Waals surface area contributed by atoms with Crippen LogP contribution in [0.5, 0.6) is 0 Å². The molecule has 186 valence electrons. The molecule has 0 aliphatic heterocycles. The van der Waals surface area contributed by atoms with E-state index in [1.807, 2.05) is 30.3 Å². The molecule has 1 unspecified atom stereocenters. The molecule has 0 radical (unpaired) electrons. The molecule has 0 saturated heterocycles. The number of carbonyl (C=O) groups is 3. The van der Waals surface area contributed by atoms with E-state index in [4.69, 9.17) is 21.4 Å². The molecule has 0 saturated carbocycles. The highest BCUT2D eigenvalue weighted by molar-refractivity contribution is 7.20. The number of carbonyl (C=O) groups excluding carboxylic acids is 2. The van der Waals surface area contributed by atoms with Gasteiger partial charge in [-0.2, -0.15) is 13.2 Å². The van der Waals surface area contributed by atoms with Gasteiger partial charge in [0.15, 0.2) is 11.0 Å². The van der Waals surface area contributed by atoms with E-state index in [0.29, 0.717) is 30.0 Å². The van der Waals surface area contributed by atoms with Gasteiger partial charge in [0.25, 0.3) is 5.91 Å². The van der Waals surface area contributed by atoms with Crippen LogP contribution >= 0.6 is 11.3 Å². The highest BCUT2D eigenvalue weighted by atomic mass is 32.1. The van der Waals surface area contributed by atoms with E-state index in [0.717, 1.165) is 10.2 Å². The van der Waals surface area contributed by atoms with Crippen molar-refractivity contribution in [2.45, 2.75) is 25.1 Å². The van der Waals surface area contributed by atoms with Gasteiger partial charge in [-0.3, -0.25) is 14.6 Å². The molecule has 35 heavy (non-hydrogen) atoms. The maximum Gasteiger partial charge on any atom is 0.490 e. The van der Waals surface area contributed by atoms with Crippen molar-refractivity contribution in [3.05, 3.63) is 65.2 Å². The van der Waals surface area contributed by atoms with Crippen molar-refractivity contribution in [2.24, 2.45) is 16.5 Å². The van der Waals surface area contributed by atoms with Crippen molar-refractivity contribution < 1.29 is 32.7 Å². The van der Waals surface area contributed by atoms with E-state index < -0.39 is 18.2 Å². The van der Waals surface area contributed by atoms with Gasteiger partial charge in [-0.25, -0.2) is 9.78 Å². The number of para-hydroxylation sites is 1. The quantitative estimate of drug-likeness (QED) is 0.157. The predicted octanol–water partition coefficient (Wildman–Crippen LogP) is 2.96. The molecule has 9 nitrogen and oxygen atoms in total. The summed E-state index contributed by atoms with van der Waals surface area (Å²) in [6.07, 6.45) is -4.13. The van der Waals surface area contributed by atoms with Crippen LogP contribution in [0.15, 0.2) is 59.6 Å². The smallest absolute Gasteiger partial charge is 0.475 e. The Morgan fingerprint density at radius 2 is 1.66 bits per heavy atom. The summed E-state index contributed by atoms with van der Waals surface area (Å²) in [5.74, 6) is -3.27. The Balaban J connectivity index is 0.000000540. The van der Waals surface area contributed by atoms with Gasteiger partial charge in [-0.1, -0.05) is 30.3 Å². The van der Waals surface area contributed by atoms with Gasteiger partial charge < -0.3 is 21.9 Å². The fourth-order valence-electron chi connectivity index (χ4n) is 2.73. The van der Waals surface area contributed by atoms with Crippen LogP contribution in [0.2, 0.25) is 0 Å². The fourth-order valence-corrected chi connectivity index (χ4v) is 3.69. The molecule has 0 spiro atoms. The normalized spacial score (nSPS) is 11.6. The lowest BCUT2D eigenvalue weighted by Crippen LogP contribution is -2.41. The second-order valence-corrected chi connectivity index (χ2v) is 8.03. The van der Waals surface area contributed by atoms with E-state index in [1.165, 1.54) is 11.3 Å². The number of aromatic nitrogens is 1. The average molecular weight is 510 g/mol. The number of rotatable bonds is 8. The topological polar surface area (TPSA) is 161 Å². The second-order valence-electron chi connectivity index (χ2n) is 6.99. The van der Waals surface area contributed by atoms with Gasteiger partial charge in [0.1, 0.15) is 0 Å². The summed E-state index contributed by atoms with van der Waals surface area (Å²) < 4.78 is 32.7. The number of aliphatic imine (C=N–C) groups is 1. The maximum atomic E-state index is 13.1. The third-order valence-corrected chi connectivity index (χ3v) is 5.40. The number of nitrogens with two attached hydrogens (primary N) is 2. The Labute approximate surface area is 201 Å². The number of nitrogens with one attached hydrogen (secondary N) is 1. The van der Waals surface area contributed by atoms with E-state index in [9.17, 15) is 22.8 Å². The van der Waals surface area contributed by atoms with Crippen molar-refractivity contribution >= 4 is 45.2 Å². The number of amides is 1. The predicted molar refractivity (Wildman–Crippen MR) is 125 cm³/mol. The lowest BCUT2D eigenvalue weighted by atomic mass is 10.1. The van der Waals surface area contributed by atoms with Gasteiger partial charge in [0, 0.05) is 12.1 Å². The third-order valence-electron chi connectivity index (χ3n) is 4.35. The zero-order valence-corrected chi connectivity index (χ0v) is 19.0. The van der Waals surface area contributed by atoms with Crippen LogP contribution in [0, 0.1) is 0 Å². The number of ketones is 1. The first-order valence-electron chi connectivity index (χ1n) is 10.1. The number of carboxylic acid groups (broad SMARTS) is 1. The van der Waals surface area contributed by atoms with Crippen LogP contribution in [0.25, 0.3) is 10.2 Å². The zero-order chi connectivity index (χ0) is 26.0. The minimum atomic E-state index is -5.08. The average Bonchev–Trinajstić information content (AvgIpc) is 3.25. The summed E-state index contributed by atoms with van der Waals surface area (Å²) in [6.45, 7) is 0.382. The monoisotopic (exact) mass is 509 g/mol. The van der Waals surface area contributed by atoms with Gasteiger partial charge in [-0.15, -0.1) is 11.3 Å². The first-order chi connectivity index (χ1) is 16.5. The summed E-state index contributed by atoms with van der Waals surface area (Å²) in [5.41, 5.74) is 11.9. The Morgan fingerprint density at radius 1 is 1.06 bits per heavy atom. The molecule has 1 atom stereocenters. The molecule has 0 fully saturated rings. The standard InChI is InChI=1S/C20H21N5O2S.C2HF3O2/c21-20(22)23-12-6-10-15(24-18(27)13-7-2-1-3-8-13)17(26)19-25-14-9-4-5-11-16(14)28-19;3-2(4,5)1(6)7/h1-5,7-9,11,15H,6,10,12H2,(H,24,27)(H4,21,22,23);(H,6,7). The fraction of sp³-hybridized carbons (Fsp3) is 0.227.